The molecule has 0 atom stereocenters. The standard InChI is InChI=1S/C8H8ClFO3S/c1-5-3-8(14(9,11)12)6(10)4-7(5)13-2/h3-4H,1-2H3. The van der Waals surface area contributed by atoms with Gasteiger partial charge in [0.1, 0.15) is 16.5 Å². The molecule has 0 fully saturated rings. The summed E-state index contributed by atoms with van der Waals surface area (Å²) in [6, 6.07) is 2.13. The van der Waals surface area contributed by atoms with Gasteiger partial charge < -0.3 is 4.74 Å². The maximum atomic E-state index is 13.2. The number of hydrogen-bond donors (Lipinski definition) is 0. The number of benzene rings is 1. The monoisotopic (exact) mass is 238 g/mol. The molecule has 0 N–H and O–H groups in total. The summed E-state index contributed by atoms with van der Waals surface area (Å²) in [5, 5.41) is 0. The molecule has 0 saturated carbocycles. The second-order valence-electron chi connectivity index (χ2n) is 2.69. The topological polar surface area (TPSA) is 43.4 Å². The van der Waals surface area contributed by atoms with Crippen LogP contribution in [0.4, 0.5) is 4.39 Å². The quantitative estimate of drug-likeness (QED) is 0.741. The predicted molar refractivity (Wildman–Crippen MR) is 50.7 cm³/mol. The first kappa shape index (κ1) is 11.3. The SMILES string of the molecule is COc1cc(F)c(S(=O)(=O)Cl)cc1C. The average molecular weight is 239 g/mol. The zero-order valence-electron chi connectivity index (χ0n) is 7.54. The van der Waals surface area contributed by atoms with Gasteiger partial charge >= 0.3 is 0 Å². The van der Waals surface area contributed by atoms with Crippen molar-refractivity contribution >= 4 is 19.7 Å². The van der Waals surface area contributed by atoms with Crippen LogP contribution in [-0.4, -0.2) is 15.5 Å². The second kappa shape index (κ2) is 3.74. The third kappa shape index (κ3) is 2.16. The van der Waals surface area contributed by atoms with Crippen molar-refractivity contribution in [2.75, 3.05) is 7.11 Å². The summed E-state index contributed by atoms with van der Waals surface area (Å²) in [7, 11) is 2.36. The van der Waals surface area contributed by atoms with Gasteiger partial charge in [-0.1, -0.05) is 0 Å². The van der Waals surface area contributed by atoms with Crippen LogP contribution in [0.3, 0.4) is 0 Å². The third-order valence-corrected chi connectivity index (χ3v) is 3.05. The summed E-state index contributed by atoms with van der Waals surface area (Å²) in [6.45, 7) is 1.60. The fourth-order valence-electron chi connectivity index (χ4n) is 1.04. The Bertz CT molecular complexity index is 456. The van der Waals surface area contributed by atoms with E-state index in [1.807, 2.05) is 0 Å². The maximum Gasteiger partial charge on any atom is 0.264 e. The lowest BCUT2D eigenvalue weighted by molar-refractivity contribution is 0.406. The van der Waals surface area contributed by atoms with Crippen LogP contribution < -0.4 is 4.74 Å². The Kier molecular flexibility index (Phi) is 3.01. The van der Waals surface area contributed by atoms with Crippen LogP contribution in [0.1, 0.15) is 5.56 Å². The van der Waals surface area contributed by atoms with Crippen LogP contribution in [0.15, 0.2) is 17.0 Å². The molecule has 0 spiro atoms. The van der Waals surface area contributed by atoms with Gasteiger partial charge in [-0.25, -0.2) is 12.8 Å². The van der Waals surface area contributed by atoms with Crippen LogP contribution >= 0.6 is 10.7 Å². The van der Waals surface area contributed by atoms with E-state index in [0.29, 0.717) is 5.56 Å². The molecule has 0 saturated heterocycles. The molecule has 0 aliphatic heterocycles. The van der Waals surface area contributed by atoms with E-state index in [1.165, 1.54) is 7.11 Å². The zero-order valence-corrected chi connectivity index (χ0v) is 9.12. The van der Waals surface area contributed by atoms with E-state index < -0.39 is 19.8 Å². The number of rotatable bonds is 2. The molecule has 1 rings (SSSR count). The number of methoxy groups -OCH3 is 1. The van der Waals surface area contributed by atoms with Gasteiger partial charge in [-0.3, -0.25) is 0 Å². The summed E-state index contributed by atoms with van der Waals surface area (Å²) in [4.78, 5) is -0.530. The van der Waals surface area contributed by atoms with Crippen LogP contribution in [0, 0.1) is 12.7 Å². The molecule has 6 heteroatoms. The molecule has 3 nitrogen and oxygen atoms in total. The van der Waals surface area contributed by atoms with Crippen molar-refractivity contribution in [3.8, 4) is 5.75 Å². The Labute approximate surface area is 85.9 Å². The summed E-state index contributed by atoms with van der Waals surface area (Å²) in [5.74, 6) is -0.631. The molecule has 0 amide bonds. The fourth-order valence-corrected chi connectivity index (χ4v) is 2.01. The molecule has 14 heavy (non-hydrogen) atoms. The number of ether oxygens (including phenoxy) is 1. The largest absolute Gasteiger partial charge is 0.496 e. The normalized spacial score (nSPS) is 11.4. The number of aryl methyl sites for hydroxylation is 1. The van der Waals surface area contributed by atoms with Crippen LogP contribution in [0.25, 0.3) is 0 Å². The van der Waals surface area contributed by atoms with E-state index in [0.717, 1.165) is 12.1 Å². The third-order valence-electron chi connectivity index (χ3n) is 1.71. The Morgan fingerprint density at radius 1 is 1.43 bits per heavy atom. The minimum absolute atomic E-state index is 0.284. The van der Waals surface area contributed by atoms with E-state index in [-0.39, 0.29) is 5.75 Å². The van der Waals surface area contributed by atoms with Crippen molar-refractivity contribution in [3.05, 3.63) is 23.5 Å². The van der Waals surface area contributed by atoms with Gasteiger partial charge in [0, 0.05) is 16.7 Å². The molecule has 1 aromatic carbocycles. The summed E-state index contributed by atoms with van der Waals surface area (Å²) >= 11 is 0. The first-order chi connectivity index (χ1) is 6.36. The van der Waals surface area contributed by atoms with Crippen molar-refractivity contribution in [1.82, 2.24) is 0 Å². The van der Waals surface area contributed by atoms with E-state index in [9.17, 15) is 12.8 Å². The summed E-state index contributed by atoms with van der Waals surface area (Å²) < 4.78 is 39.8. The van der Waals surface area contributed by atoms with Gasteiger partial charge in [-0.2, -0.15) is 0 Å². The fraction of sp³-hybridized carbons (Fsp3) is 0.250. The van der Waals surface area contributed by atoms with Crippen molar-refractivity contribution in [3.63, 3.8) is 0 Å². The second-order valence-corrected chi connectivity index (χ2v) is 5.22. The Balaban J connectivity index is 3.44. The summed E-state index contributed by atoms with van der Waals surface area (Å²) in [6.07, 6.45) is 0. The Morgan fingerprint density at radius 2 is 2.00 bits per heavy atom. The molecule has 0 aliphatic rings. The highest BCUT2D eigenvalue weighted by molar-refractivity contribution is 8.13. The molecular formula is C8H8ClFO3S. The van der Waals surface area contributed by atoms with Gasteiger partial charge in [-0.05, 0) is 18.6 Å². The van der Waals surface area contributed by atoms with Crippen LogP contribution in [-0.2, 0) is 9.05 Å². The van der Waals surface area contributed by atoms with Crippen molar-refractivity contribution in [2.45, 2.75) is 11.8 Å². The van der Waals surface area contributed by atoms with E-state index >= 15 is 0 Å². The van der Waals surface area contributed by atoms with Gasteiger partial charge in [0.25, 0.3) is 9.05 Å². The van der Waals surface area contributed by atoms with E-state index in [2.05, 4.69) is 0 Å². The van der Waals surface area contributed by atoms with Gasteiger partial charge in [-0.15, -0.1) is 0 Å². The molecular weight excluding hydrogens is 231 g/mol. The highest BCUT2D eigenvalue weighted by Crippen LogP contribution is 2.26. The van der Waals surface area contributed by atoms with Crippen LogP contribution in [0.5, 0.6) is 5.75 Å². The molecule has 78 valence electrons. The first-order valence-corrected chi connectivity index (χ1v) is 5.96. The van der Waals surface area contributed by atoms with E-state index in [4.69, 9.17) is 15.4 Å². The Hall–Kier alpha value is -0.810. The van der Waals surface area contributed by atoms with E-state index in [1.54, 1.807) is 6.92 Å². The van der Waals surface area contributed by atoms with Crippen molar-refractivity contribution in [2.24, 2.45) is 0 Å². The Morgan fingerprint density at radius 3 is 2.43 bits per heavy atom. The van der Waals surface area contributed by atoms with Gasteiger partial charge in [0.2, 0.25) is 0 Å². The minimum Gasteiger partial charge on any atom is -0.496 e. The average Bonchev–Trinajstić information content (AvgIpc) is 2.06. The molecule has 0 unspecified atom stereocenters. The molecule has 1 aromatic rings. The van der Waals surface area contributed by atoms with Crippen molar-refractivity contribution < 1.29 is 17.5 Å². The smallest absolute Gasteiger partial charge is 0.264 e. The molecule has 0 aromatic heterocycles. The number of halogens is 2. The zero-order chi connectivity index (χ0) is 10.9. The molecule has 0 radical (unpaired) electrons. The molecule has 0 bridgehead atoms. The lowest BCUT2D eigenvalue weighted by Crippen LogP contribution is -1.98. The maximum absolute atomic E-state index is 13.2. The number of hydrogen-bond acceptors (Lipinski definition) is 3. The molecule has 0 aliphatic carbocycles. The highest BCUT2D eigenvalue weighted by atomic mass is 35.7. The highest BCUT2D eigenvalue weighted by Gasteiger charge is 2.18. The lowest BCUT2D eigenvalue weighted by atomic mass is 10.2. The first-order valence-electron chi connectivity index (χ1n) is 3.65. The van der Waals surface area contributed by atoms with Crippen LogP contribution in [0.2, 0.25) is 0 Å². The lowest BCUT2D eigenvalue weighted by Gasteiger charge is -2.06. The van der Waals surface area contributed by atoms with Gasteiger partial charge in [0.05, 0.1) is 7.11 Å². The van der Waals surface area contributed by atoms with Crippen molar-refractivity contribution in [1.29, 1.82) is 0 Å². The molecule has 0 heterocycles. The summed E-state index contributed by atoms with van der Waals surface area (Å²) in [5.41, 5.74) is 0.508. The van der Waals surface area contributed by atoms with Gasteiger partial charge in [0.15, 0.2) is 0 Å². The minimum atomic E-state index is -4.04. The predicted octanol–water partition coefficient (Wildman–Crippen LogP) is 2.07.